The van der Waals surface area contributed by atoms with Gasteiger partial charge in [-0.25, -0.2) is 4.79 Å². The van der Waals surface area contributed by atoms with E-state index in [1.807, 2.05) is 24.3 Å². The summed E-state index contributed by atoms with van der Waals surface area (Å²) in [5, 5.41) is 0. The van der Waals surface area contributed by atoms with Crippen LogP contribution in [0, 0.1) is 0 Å². The van der Waals surface area contributed by atoms with Crippen molar-refractivity contribution in [3.63, 3.8) is 0 Å². The zero-order valence-corrected chi connectivity index (χ0v) is 8.36. The Labute approximate surface area is 88.0 Å². The Kier molecular flexibility index (Phi) is 1.83. The fourth-order valence-electron chi connectivity index (χ4n) is 2.42. The maximum Gasteiger partial charge on any atom is 0.339 e. The van der Waals surface area contributed by atoms with Crippen LogP contribution in [-0.2, 0) is 15.1 Å². The number of carbonyl (C=O) groups excluding carboxylic acids is 1. The highest BCUT2D eigenvalue weighted by atomic mass is 16.6. The summed E-state index contributed by atoms with van der Waals surface area (Å²) in [7, 11) is 0. The van der Waals surface area contributed by atoms with Crippen molar-refractivity contribution in [2.75, 3.05) is 13.2 Å². The van der Waals surface area contributed by atoms with E-state index in [0.29, 0.717) is 13.2 Å². The molecule has 78 valence electrons. The van der Waals surface area contributed by atoms with E-state index in [4.69, 9.17) is 9.47 Å². The van der Waals surface area contributed by atoms with Crippen LogP contribution in [0.1, 0.15) is 28.8 Å². The minimum atomic E-state index is -0.397. The first kappa shape index (κ1) is 8.92. The molecule has 0 radical (unpaired) electrons. The summed E-state index contributed by atoms with van der Waals surface area (Å²) in [5.41, 5.74) is 1.36. The average Bonchev–Trinajstić information content (AvgIpc) is 2.55. The van der Waals surface area contributed by atoms with E-state index in [-0.39, 0.29) is 5.97 Å². The first-order chi connectivity index (χ1) is 7.32. The van der Waals surface area contributed by atoms with Crippen molar-refractivity contribution in [2.24, 2.45) is 0 Å². The first-order valence-corrected chi connectivity index (χ1v) is 5.22. The molecule has 3 heteroatoms. The van der Waals surface area contributed by atoms with Crippen LogP contribution in [0.3, 0.4) is 0 Å². The Morgan fingerprint density at radius 2 is 1.87 bits per heavy atom. The summed E-state index contributed by atoms with van der Waals surface area (Å²) in [4.78, 5) is 11.7. The smallest absolute Gasteiger partial charge is 0.339 e. The number of fused-ring (bicyclic) bond motifs is 2. The maximum absolute atomic E-state index is 11.7. The number of esters is 1. The Morgan fingerprint density at radius 3 is 2.67 bits per heavy atom. The molecule has 0 atom stereocenters. The van der Waals surface area contributed by atoms with Gasteiger partial charge in [-0.15, -0.1) is 0 Å². The van der Waals surface area contributed by atoms with Crippen LogP contribution in [0.25, 0.3) is 0 Å². The number of hydrogen-bond donors (Lipinski definition) is 0. The summed E-state index contributed by atoms with van der Waals surface area (Å²) < 4.78 is 10.9. The van der Waals surface area contributed by atoms with Gasteiger partial charge >= 0.3 is 5.97 Å². The van der Waals surface area contributed by atoms with Gasteiger partial charge in [-0.2, -0.15) is 0 Å². The molecule has 0 bridgehead atoms. The van der Waals surface area contributed by atoms with E-state index < -0.39 is 5.60 Å². The Hall–Kier alpha value is -1.35. The lowest BCUT2D eigenvalue weighted by atomic mass is 9.86. The van der Waals surface area contributed by atoms with Gasteiger partial charge in [0, 0.05) is 18.4 Å². The molecule has 0 aliphatic carbocycles. The normalized spacial score (nSPS) is 22.5. The van der Waals surface area contributed by atoms with Gasteiger partial charge in [0.2, 0.25) is 0 Å². The molecule has 0 amide bonds. The molecule has 1 spiro atoms. The second kappa shape index (κ2) is 3.07. The third kappa shape index (κ3) is 1.20. The molecule has 1 aromatic carbocycles. The molecule has 1 aromatic rings. The van der Waals surface area contributed by atoms with E-state index in [1.54, 1.807) is 0 Å². The van der Waals surface area contributed by atoms with Gasteiger partial charge in [0.15, 0.2) is 0 Å². The lowest BCUT2D eigenvalue weighted by Crippen LogP contribution is -2.33. The predicted molar refractivity (Wildman–Crippen MR) is 53.6 cm³/mol. The van der Waals surface area contributed by atoms with Crippen molar-refractivity contribution in [3.8, 4) is 0 Å². The van der Waals surface area contributed by atoms with Crippen molar-refractivity contribution < 1.29 is 14.3 Å². The number of benzene rings is 1. The maximum atomic E-state index is 11.7. The van der Waals surface area contributed by atoms with Gasteiger partial charge in [0.05, 0.1) is 18.8 Å². The van der Waals surface area contributed by atoms with E-state index >= 15 is 0 Å². The lowest BCUT2D eigenvalue weighted by molar-refractivity contribution is -0.0735. The monoisotopic (exact) mass is 204 g/mol. The van der Waals surface area contributed by atoms with E-state index in [9.17, 15) is 4.79 Å². The summed E-state index contributed by atoms with van der Waals surface area (Å²) in [6.45, 7) is 1.34. The van der Waals surface area contributed by atoms with Crippen LogP contribution >= 0.6 is 0 Å². The third-order valence-electron chi connectivity index (χ3n) is 3.23. The summed E-state index contributed by atoms with van der Waals surface area (Å²) in [5.74, 6) is -0.187. The van der Waals surface area contributed by atoms with Gasteiger partial charge in [-0.3, -0.25) is 0 Å². The largest absolute Gasteiger partial charge is 0.450 e. The standard InChI is InChI=1S/C12H12O3/c13-11-9-3-1-2-4-10(9)12(15-11)5-7-14-8-6-12/h1-4H,5-8H2. The van der Waals surface area contributed by atoms with Crippen molar-refractivity contribution >= 4 is 5.97 Å². The molecule has 2 aliphatic rings. The summed E-state index contributed by atoms with van der Waals surface area (Å²) in [6, 6.07) is 7.66. The number of hydrogen-bond acceptors (Lipinski definition) is 3. The SMILES string of the molecule is O=C1OC2(CCOCC2)c2ccccc21. The van der Waals surface area contributed by atoms with Crippen LogP contribution < -0.4 is 0 Å². The van der Waals surface area contributed by atoms with Crippen LogP contribution in [0.4, 0.5) is 0 Å². The van der Waals surface area contributed by atoms with Crippen molar-refractivity contribution in [2.45, 2.75) is 18.4 Å². The minimum Gasteiger partial charge on any atom is -0.450 e. The Bertz CT molecular complexity index is 405. The number of carbonyl (C=O) groups is 1. The Morgan fingerprint density at radius 1 is 1.13 bits per heavy atom. The van der Waals surface area contributed by atoms with Crippen LogP contribution in [0.15, 0.2) is 24.3 Å². The predicted octanol–water partition coefficient (Wildman–Crippen LogP) is 1.86. The first-order valence-electron chi connectivity index (χ1n) is 5.22. The number of ether oxygens (including phenoxy) is 2. The van der Waals surface area contributed by atoms with Crippen molar-refractivity contribution in [1.82, 2.24) is 0 Å². The zero-order valence-electron chi connectivity index (χ0n) is 8.36. The fourth-order valence-corrected chi connectivity index (χ4v) is 2.42. The summed E-state index contributed by atoms with van der Waals surface area (Å²) in [6.07, 6.45) is 1.55. The van der Waals surface area contributed by atoms with E-state index in [1.165, 1.54) is 0 Å². The lowest BCUT2D eigenvalue weighted by Gasteiger charge is -2.32. The Balaban J connectivity index is 2.10. The molecule has 0 aromatic heterocycles. The highest BCUT2D eigenvalue weighted by molar-refractivity contribution is 5.94. The van der Waals surface area contributed by atoms with Crippen LogP contribution in [0.5, 0.6) is 0 Å². The van der Waals surface area contributed by atoms with Gasteiger partial charge in [0.25, 0.3) is 0 Å². The molecule has 3 nitrogen and oxygen atoms in total. The molecule has 2 heterocycles. The van der Waals surface area contributed by atoms with Crippen LogP contribution in [0.2, 0.25) is 0 Å². The van der Waals surface area contributed by atoms with E-state index in [2.05, 4.69) is 0 Å². The molecule has 0 unspecified atom stereocenters. The molecule has 1 saturated heterocycles. The number of rotatable bonds is 0. The quantitative estimate of drug-likeness (QED) is 0.605. The van der Waals surface area contributed by atoms with Gasteiger partial charge in [-0.05, 0) is 6.07 Å². The molecular weight excluding hydrogens is 192 g/mol. The van der Waals surface area contributed by atoms with Crippen molar-refractivity contribution in [1.29, 1.82) is 0 Å². The fraction of sp³-hybridized carbons (Fsp3) is 0.417. The zero-order chi connectivity index (χ0) is 10.3. The van der Waals surface area contributed by atoms with Gasteiger partial charge in [0.1, 0.15) is 5.60 Å². The molecule has 0 saturated carbocycles. The second-order valence-corrected chi connectivity index (χ2v) is 4.04. The molecular formula is C12H12O3. The molecule has 3 rings (SSSR count). The van der Waals surface area contributed by atoms with Crippen LogP contribution in [-0.4, -0.2) is 19.2 Å². The second-order valence-electron chi connectivity index (χ2n) is 4.04. The topological polar surface area (TPSA) is 35.5 Å². The van der Waals surface area contributed by atoms with E-state index in [0.717, 1.165) is 24.0 Å². The van der Waals surface area contributed by atoms with Crippen molar-refractivity contribution in [3.05, 3.63) is 35.4 Å². The van der Waals surface area contributed by atoms with Gasteiger partial charge in [-0.1, -0.05) is 18.2 Å². The average molecular weight is 204 g/mol. The molecule has 2 aliphatic heterocycles. The highest BCUT2D eigenvalue weighted by Gasteiger charge is 2.46. The molecule has 15 heavy (non-hydrogen) atoms. The molecule has 1 fully saturated rings. The minimum absolute atomic E-state index is 0.187. The highest BCUT2D eigenvalue weighted by Crippen LogP contribution is 2.43. The van der Waals surface area contributed by atoms with Gasteiger partial charge < -0.3 is 9.47 Å². The summed E-state index contributed by atoms with van der Waals surface area (Å²) >= 11 is 0. The third-order valence-corrected chi connectivity index (χ3v) is 3.23. The molecule has 0 N–H and O–H groups in total.